The van der Waals surface area contributed by atoms with Gasteiger partial charge in [-0.25, -0.2) is 0 Å². The van der Waals surface area contributed by atoms with Crippen LogP contribution in [0.4, 0.5) is 5.69 Å². The van der Waals surface area contributed by atoms with Gasteiger partial charge in [0.25, 0.3) is 11.8 Å². The summed E-state index contributed by atoms with van der Waals surface area (Å²) in [7, 11) is 2.90. The van der Waals surface area contributed by atoms with Gasteiger partial charge in [-0.3, -0.25) is 9.59 Å². The van der Waals surface area contributed by atoms with E-state index in [1.807, 2.05) is 0 Å². The normalized spacial score (nSPS) is 10.0. The van der Waals surface area contributed by atoms with Crippen molar-refractivity contribution in [1.29, 1.82) is 0 Å². The van der Waals surface area contributed by atoms with Crippen LogP contribution in [0.2, 0.25) is 5.02 Å². The SMILES string of the molecule is COc1ccccc1NC(=O)c1cc(Cl)c(OCC(N)=O)c(OC)c1. The summed E-state index contributed by atoms with van der Waals surface area (Å²) in [4.78, 5) is 23.3. The molecule has 132 valence electrons. The molecule has 0 aliphatic carbocycles. The highest BCUT2D eigenvalue weighted by molar-refractivity contribution is 6.32. The molecule has 0 atom stereocenters. The van der Waals surface area contributed by atoms with Crippen molar-refractivity contribution in [3.05, 3.63) is 47.0 Å². The first-order valence-electron chi connectivity index (χ1n) is 7.19. The van der Waals surface area contributed by atoms with Gasteiger partial charge < -0.3 is 25.3 Å². The molecule has 0 aliphatic heterocycles. The number of hydrogen-bond acceptors (Lipinski definition) is 5. The Morgan fingerprint density at radius 2 is 1.80 bits per heavy atom. The van der Waals surface area contributed by atoms with Gasteiger partial charge in [0, 0.05) is 5.56 Å². The van der Waals surface area contributed by atoms with E-state index in [-0.39, 0.29) is 28.7 Å². The Kier molecular flexibility index (Phi) is 6.08. The van der Waals surface area contributed by atoms with Crippen LogP contribution < -0.4 is 25.3 Å². The molecular weight excluding hydrogens is 348 g/mol. The van der Waals surface area contributed by atoms with Gasteiger partial charge in [-0.1, -0.05) is 23.7 Å². The van der Waals surface area contributed by atoms with E-state index in [0.717, 1.165) is 0 Å². The van der Waals surface area contributed by atoms with Gasteiger partial charge in [0.15, 0.2) is 18.1 Å². The molecule has 0 aromatic heterocycles. The number of methoxy groups -OCH3 is 2. The third-order valence-electron chi connectivity index (χ3n) is 3.21. The van der Waals surface area contributed by atoms with Crippen LogP contribution in [0, 0.1) is 0 Å². The number of carbonyl (C=O) groups is 2. The van der Waals surface area contributed by atoms with Crippen LogP contribution in [-0.2, 0) is 4.79 Å². The second kappa shape index (κ2) is 8.25. The van der Waals surface area contributed by atoms with Gasteiger partial charge in [0.05, 0.1) is 24.9 Å². The van der Waals surface area contributed by atoms with Crippen molar-refractivity contribution in [3.8, 4) is 17.2 Å². The molecule has 0 saturated heterocycles. The van der Waals surface area contributed by atoms with E-state index < -0.39 is 11.8 Å². The summed E-state index contributed by atoms with van der Waals surface area (Å²) in [6.07, 6.45) is 0. The van der Waals surface area contributed by atoms with Gasteiger partial charge in [-0.05, 0) is 24.3 Å². The van der Waals surface area contributed by atoms with E-state index >= 15 is 0 Å². The van der Waals surface area contributed by atoms with Crippen LogP contribution in [0.15, 0.2) is 36.4 Å². The summed E-state index contributed by atoms with van der Waals surface area (Å²) in [6.45, 7) is -0.358. The summed E-state index contributed by atoms with van der Waals surface area (Å²) < 4.78 is 15.6. The Balaban J connectivity index is 2.28. The average molecular weight is 365 g/mol. The minimum atomic E-state index is -0.656. The van der Waals surface area contributed by atoms with Gasteiger partial charge in [-0.2, -0.15) is 0 Å². The molecule has 0 spiro atoms. The minimum absolute atomic E-state index is 0.116. The van der Waals surface area contributed by atoms with Crippen LogP contribution in [0.1, 0.15) is 10.4 Å². The van der Waals surface area contributed by atoms with E-state index in [1.54, 1.807) is 24.3 Å². The summed E-state index contributed by atoms with van der Waals surface area (Å²) in [5, 5.41) is 2.85. The zero-order chi connectivity index (χ0) is 18.4. The van der Waals surface area contributed by atoms with Crippen LogP contribution >= 0.6 is 11.6 Å². The maximum atomic E-state index is 12.5. The van der Waals surface area contributed by atoms with E-state index in [1.165, 1.54) is 26.4 Å². The van der Waals surface area contributed by atoms with Gasteiger partial charge in [-0.15, -0.1) is 0 Å². The number of halogens is 1. The van der Waals surface area contributed by atoms with Crippen LogP contribution in [-0.4, -0.2) is 32.6 Å². The average Bonchev–Trinajstić information content (AvgIpc) is 2.60. The first kappa shape index (κ1) is 18.4. The standard InChI is InChI=1S/C17H17ClN2O5/c1-23-13-6-4-3-5-12(13)20-17(22)10-7-11(18)16(14(8-10)24-2)25-9-15(19)21/h3-8H,9H2,1-2H3,(H2,19,21)(H,20,22). The molecule has 0 saturated carbocycles. The fourth-order valence-electron chi connectivity index (χ4n) is 2.08. The lowest BCUT2D eigenvalue weighted by Crippen LogP contribution is -2.20. The highest BCUT2D eigenvalue weighted by atomic mass is 35.5. The van der Waals surface area contributed by atoms with E-state index in [4.69, 9.17) is 31.5 Å². The van der Waals surface area contributed by atoms with Gasteiger partial charge in [0.1, 0.15) is 5.75 Å². The van der Waals surface area contributed by atoms with Crippen molar-refractivity contribution >= 4 is 29.1 Å². The van der Waals surface area contributed by atoms with Gasteiger partial charge >= 0.3 is 0 Å². The molecule has 0 radical (unpaired) electrons. The second-order valence-corrected chi connectivity index (χ2v) is 5.31. The largest absolute Gasteiger partial charge is 0.495 e. The maximum absolute atomic E-state index is 12.5. The molecular formula is C17H17ClN2O5. The first-order chi connectivity index (χ1) is 12.0. The van der Waals surface area contributed by atoms with Crippen LogP contribution in [0.5, 0.6) is 17.2 Å². The Hall–Kier alpha value is -2.93. The molecule has 2 amide bonds. The number of hydrogen-bond donors (Lipinski definition) is 2. The molecule has 2 rings (SSSR count). The van der Waals surface area contributed by atoms with Gasteiger partial charge in [0.2, 0.25) is 0 Å². The van der Waals surface area contributed by atoms with Crippen molar-refractivity contribution in [1.82, 2.24) is 0 Å². The molecule has 0 heterocycles. The second-order valence-electron chi connectivity index (χ2n) is 4.90. The summed E-state index contributed by atoms with van der Waals surface area (Å²) in [5.74, 6) is -0.201. The van der Waals surface area contributed by atoms with Crippen molar-refractivity contribution in [3.63, 3.8) is 0 Å². The number of benzene rings is 2. The number of nitrogens with one attached hydrogen (secondary N) is 1. The molecule has 0 aliphatic rings. The third-order valence-corrected chi connectivity index (χ3v) is 3.49. The monoisotopic (exact) mass is 364 g/mol. The molecule has 3 N–H and O–H groups in total. The molecule has 2 aromatic rings. The zero-order valence-corrected chi connectivity index (χ0v) is 14.4. The zero-order valence-electron chi connectivity index (χ0n) is 13.7. The van der Waals surface area contributed by atoms with Crippen molar-refractivity contribution in [2.24, 2.45) is 5.73 Å². The number of nitrogens with two attached hydrogens (primary N) is 1. The smallest absolute Gasteiger partial charge is 0.255 e. The van der Waals surface area contributed by atoms with E-state index in [9.17, 15) is 9.59 Å². The van der Waals surface area contributed by atoms with E-state index in [0.29, 0.717) is 11.4 Å². The van der Waals surface area contributed by atoms with Crippen LogP contribution in [0.25, 0.3) is 0 Å². The topological polar surface area (TPSA) is 99.9 Å². The Morgan fingerprint density at radius 3 is 2.44 bits per heavy atom. The summed E-state index contributed by atoms with van der Waals surface area (Å²) in [5.41, 5.74) is 5.81. The van der Waals surface area contributed by atoms with Crippen molar-refractivity contribution in [2.75, 3.05) is 26.1 Å². The molecule has 0 bridgehead atoms. The summed E-state index contributed by atoms with van der Waals surface area (Å²) in [6, 6.07) is 9.85. The Bertz CT molecular complexity index is 795. The minimum Gasteiger partial charge on any atom is -0.495 e. The molecule has 25 heavy (non-hydrogen) atoms. The first-order valence-corrected chi connectivity index (χ1v) is 7.57. The Morgan fingerprint density at radius 1 is 1.12 bits per heavy atom. The molecule has 0 unspecified atom stereocenters. The quantitative estimate of drug-likeness (QED) is 0.786. The molecule has 7 nitrogen and oxygen atoms in total. The number of ether oxygens (including phenoxy) is 3. The lowest BCUT2D eigenvalue weighted by molar-refractivity contribution is -0.119. The number of para-hydroxylation sites is 2. The molecule has 8 heteroatoms. The lowest BCUT2D eigenvalue weighted by Gasteiger charge is -2.14. The summed E-state index contributed by atoms with van der Waals surface area (Å²) >= 11 is 6.14. The van der Waals surface area contributed by atoms with E-state index in [2.05, 4.69) is 5.32 Å². The van der Waals surface area contributed by atoms with Crippen LogP contribution in [0.3, 0.4) is 0 Å². The predicted octanol–water partition coefficient (Wildman–Crippen LogP) is 2.47. The molecule has 2 aromatic carbocycles. The number of rotatable bonds is 7. The highest BCUT2D eigenvalue weighted by Gasteiger charge is 2.17. The number of anilines is 1. The van der Waals surface area contributed by atoms with Crippen molar-refractivity contribution < 1.29 is 23.8 Å². The third kappa shape index (κ3) is 4.54. The number of primary amides is 1. The predicted molar refractivity (Wildman–Crippen MR) is 93.6 cm³/mol. The lowest BCUT2D eigenvalue weighted by atomic mass is 10.1. The molecule has 0 fully saturated rings. The maximum Gasteiger partial charge on any atom is 0.255 e. The van der Waals surface area contributed by atoms with Crippen molar-refractivity contribution in [2.45, 2.75) is 0 Å². The fourth-order valence-corrected chi connectivity index (χ4v) is 2.34. The Labute approximate surface area is 149 Å². The highest BCUT2D eigenvalue weighted by Crippen LogP contribution is 2.36. The number of carbonyl (C=O) groups excluding carboxylic acids is 2. The number of amides is 2. The fraction of sp³-hybridized carbons (Fsp3) is 0.176.